The number of nitro benzene ring substituents is 1. The minimum absolute atomic E-state index is 0.109. The number of nitrogens with zero attached hydrogens (tertiary/aromatic N) is 1. The van der Waals surface area contributed by atoms with Crippen LogP contribution in [0.3, 0.4) is 0 Å². The maximum absolute atomic E-state index is 10.6. The molecule has 0 aliphatic heterocycles. The molecule has 0 bridgehead atoms. The normalized spacial score (nSPS) is 9.71. The van der Waals surface area contributed by atoms with Crippen LogP contribution in [0, 0.1) is 10.1 Å². The molecule has 7 nitrogen and oxygen atoms in total. The molecule has 17 heavy (non-hydrogen) atoms. The molecule has 1 rings (SSSR count). The van der Waals surface area contributed by atoms with Gasteiger partial charge in [0.05, 0.1) is 12.0 Å². The van der Waals surface area contributed by atoms with Gasteiger partial charge in [0.1, 0.15) is 0 Å². The molecule has 7 heteroatoms. The van der Waals surface area contributed by atoms with Crippen LogP contribution in [0.25, 0.3) is 0 Å². The first-order valence-corrected chi connectivity index (χ1v) is 4.82. The van der Waals surface area contributed by atoms with E-state index in [0.717, 1.165) is 5.56 Å². The van der Waals surface area contributed by atoms with Crippen LogP contribution in [0.1, 0.15) is 5.56 Å². The molecule has 0 spiro atoms. The molecule has 1 amide bonds. The summed E-state index contributed by atoms with van der Waals surface area (Å²) in [4.78, 5) is 20.3. The Labute approximate surface area is 97.2 Å². The second-order valence-corrected chi connectivity index (χ2v) is 3.25. The summed E-state index contributed by atoms with van der Waals surface area (Å²) < 4.78 is 4.90. The topological polar surface area (TPSA) is 102 Å². The molecule has 1 aromatic rings. The molecular weight excluding hydrogens is 228 g/mol. The predicted octanol–water partition coefficient (Wildman–Crippen LogP) is 1.41. The first kappa shape index (κ1) is 12.8. The third-order valence-corrected chi connectivity index (χ3v) is 2.13. The Morgan fingerprint density at radius 1 is 1.59 bits per heavy atom. The predicted molar refractivity (Wildman–Crippen MR) is 59.4 cm³/mol. The van der Waals surface area contributed by atoms with E-state index in [4.69, 9.17) is 9.84 Å². The quantitative estimate of drug-likeness (QED) is 0.598. The van der Waals surface area contributed by atoms with Crippen molar-refractivity contribution in [2.24, 2.45) is 0 Å². The second kappa shape index (κ2) is 5.69. The fourth-order valence-electron chi connectivity index (χ4n) is 1.34. The van der Waals surface area contributed by atoms with Gasteiger partial charge in [-0.05, 0) is 18.1 Å². The maximum Gasteiger partial charge on any atom is 0.404 e. The number of methoxy groups -OCH3 is 1. The Bertz CT molecular complexity index is 433. The molecule has 0 fully saturated rings. The highest BCUT2D eigenvalue weighted by Crippen LogP contribution is 2.27. The van der Waals surface area contributed by atoms with Crippen LogP contribution in [-0.2, 0) is 6.42 Å². The van der Waals surface area contributed by atoms with Crippen molar-refractivity contribution in [3.63, 3.8) is 0 Å². The SMILES string of the molecule is COc1cc(CCNC(=O)O)ccc1[N+](=O)[O-]. The Morgan fingerprint density at radius 2 is 2.29 bits per heavy atom. The van der Waals surface area contributed by atoms with Crippen molar-refractivity contribution in [2.75, 3.05) is 13.7 Å². The highest BCUT2D eigenvalue weighted by molar-refractivity contribution is 5.64. The van der Waals surface area contributed by atoms with Gasteiger partial charge in [0.15, 0.2) is 5.75 Å². The summed E-state index contributed by atoms with van der Waals surface area (Å²) >= 11 is 0. The third kappa shape index (κ3) is 3.63. The smallest absolute Gasteiger partial charge is 0.404 e. The molecule has 0 aromatic heterocycles. The van der Waals surface area contributed by atoms with Gasteiger partial charge in [-0.25, -0.2) is 4.79 Å². The molecule has 0 heterocycles. The van der Waals surface area contributed by atoms with Gasteiger partial charge in [-0.1, -0.05) is 6.07 Å². The lowest BCUT2D eigenvalue weighted by atomic mass is 10.1. The van der Waals surface area contributed by atoms with E-state index in [1.165, 1.54) is 19.2 Å². The van der Waals surface area contributed by atoms with Gasteiger partial charge >= 0.3 is 11.8 Å². The van der Waals surface area contributed by atoms with Crippen LogP contribution in [0.15, 0.2) is 18.2 Å². The van der Waals surface area contributed by atoms with Gasteiger partial charge in [0.25, 0.3) is 0 Å². The fourth-order valence-corrected chi connectivity index (χ4v) is 1.34. The molecule has 1 aromatic carbocycles. The van der Waals surface area contributed by atoms with Crippen molar-refractivity contribution in [1.82, 2.24) is 5.32 Å². The van der Waals surface area contributed by atoms with Gasteiger partial charge in [-0.3, -0.25) is 10.1 Å². The van der Waals surface area contributed by atoms with Crippen molar-refractivity contribution in [2.45, 2.75) is 6.42 Å². The minimum atomic E-state index is -1.10. The van der Waals surface area contributed by atoms with Crippen LogP contribution in [0.4, 0.5) is 10.5 Å². The number of carboxylic acid groups (broad SMARTS) is 1. The van der Waals surface area contributed by atoms with Gasteiger partial charge < -0.3 is 15.2 Å². The molecule has 0 radical (unpaired) electrons. The Kier molecular flexibility index (Phi) is 4.27. The summed E-state index contributed by atoms with van der Waals surface area (Å²) in [6.45, 7) is 0.246. The van der Waals surface area contributed by atoms with Crippen molar-refractivity contribution >= 4 is 11.8 Å². The van der Waals surface area contributed by atoms with Crippen molar-refractivity contribution < 1.29 is 19.6 Å². The van der Waals surface area contributed by atoms with Crippen LogP contribution >= 0.6 is 0 Å². The molecule has 92 valence electrons. The minimum Gasteiger partial charge on any atom is -0.490 e. The van der Waals surface area contributed by atoms with Crippen LogP contribution < -0.4 is 10.1 Å². The zero-order valence-corrected chi connectivity index (χ0v) is 9.17. The van der Waals surface area contributed by atoms with E-state index in [-0.39, 0.29) is 18.0 Å². The lowest BCUT2D eigenvalue weighted by Gasteiger charge is -2.05. The van der Waals surface area contributed by atoms with Gasteiger partial charge in [-0.15, -0.1) is 0 Å². The highest BCUT2D eigenvalue weighted by atomic mass is 16.6. The summed E-state index contributed by atoms with van der Waals surface area (Å²) in [6.07, 6.45) is -0.653. The summed E-state index contributed by atoms with van der Waals surface area (Å²) in [7, 11) is 1.35. The number of nitrogens with one attached hydrogen (secondary N) is 1. The largest absolute Gasteiger partial charge is 0.490 e. The molecule has 0 atom stereocenters. The fraction of sp³-hybridized carbons (Fsp3) is 0.300. The first-order chi connectivity index (χ1) is 8.04. The van der Waals surface area contributed by atoms with Crippen LogP contribution in [0.2, 0.25) is 0 Å². The number of hydrogen-bond acceptors (Lipinski definition) is 4. The lowest BCUT2D eigenvalue weighted by molar-refractivity contribution is -0.385. The van der Waals surface area contributed by atoms with E-state index in [9.17, 15) is 14.9 Å². The van der Waals surface area contributed by atoms with Crippen molar-refractivity contribution in [3.05, 3.63) is 33.9 Å². The van der Waals surface area contributed by atoms with E-state index in [1.807, 2.05) is 0 Å². The molecule has 0 aliphatic rings. The Balaban J connectivity index is 2.75. The van der Waals surface area contributed by atoms with E-state index in [0.29, 0.717) is 6.42 Å². The monoisotopic (exact) mass is 240 g/mol. The zero-order chi connectivity index (χ0) is 12.8. The average molecular weight is 240 g/mol. The van der Waals surface area contributed by atoms with Crippen LogP contribution in [-0.4, -0.2) is 29.8 Å². The number of rotatable bonds is 5. The number of benzene rings is 1. The summed E-state index contributed by atoms with van der Waals surface area (Å²) in [5, 5.41) is 21.2. The lowest BCUT2D eigenvalue weighted by Crippen LogP contribution is -2.23. The molecule has 0 saturated heterocycles. The molecule has 0 unspecified atom stereocenters. The van der Waals surface area contributed by atoms with Gasteiger partial charge in [0, 0.05) is 12.6 Å². The van der Waals surface area contributed by atoms with Crippen LogP contribution in [0.5, 0.6) is 5.75 Å². The first-order valence-electron chi connectivity index (χ1n) is 4.82. The summed E-state index contributed by atoms with van der Waals surface area (Å²) in [6, 6.07) is 4.45. The Morgan fingerprint density at radius 3 is 2.82 bits per heavy atom. The third-order valence-electron chi connectivity index (χ3n) is 2.13. The zero-order valence-electron chi connectivity index (χ0n) is 9.17. The molecular formula is C10H12N2O5. The number of nitro groups is 1. The summed E-state index contributed by atoms with van der Waals surface area (Å²) in [5.74, 6) is 0.169. The average Bonchev–Trinajstić information content (AvgIpc) is 2.28. The van der Waals surface area contributed by atoms with E-state index >= 15 is 0 Å². The molecule has 0 saturated carbocycles. The molecule has 0 aliphatic carbocycles. The van der Waals surface area contributed by atoms with E-state index in [1.54, 1.807) is 6.07 Å². The van der Waals surface area contributed by atoms with Gasteiger partial charge in [-0.2, -0.15) is 0 Å². The Hall–Kier alpha value is -2.31. The van der Waals surface area contributed by atoms with E-state index in [2.05, 4.69) is 5.32 Å². The second-order valence-electron chi connectivity index (χ2n) is 3.25. The highest BCUT2D eigenvalue weighted by Gasteiger charge is 2.14. The maximum atomic E-state index is 10.6. The number of carbonyl (C=O) groups is 1. The van der Waals surface area contributed by atoms with Crippen molar-refractivity contribution in [3.8, 4) is 5.75 Å². The number of amides is 1. The number of ether oxygens (including phenoxy) is 1. The van der Waals surface area contributed by atoms with E-state index < -0.39 is 11.0 Å². The van der Waals surface area contributed by atoms with Crippen molar-refractivity contribution in [1.29, 1.82) is 0 Å². The standard InChI is InChI=1S/C10H12N2O5/c1-17-9-6-7(4-5-11-10(13)14)2-3-8(9)12(15)16/h2-3,6,11H,4-5H2,1H3,(H,13,14). The molecule has 2 N–H and O–H groups in total. The van der Waals surface area contributed by atoms with Gasteiger partial charge in [0.2, 0.25) is 0 Å². The number of hydrogen-bond donors (Lipinski definition) is 2. The summed E-state index contributed by atoms with van der Waals surface area (Å²) in [5.41, 5.74) is 0.656.